The van der Waals surface area contributed by atoms with Crippen LogP contribution in [0.1, 0.15) is 31.7 Å². The number of allylic oxidation sites excluding steroid dienone is 1. The van der Waals surface area contributed by atoms with E-state index >= 15 is 0 Å². The van der Waals surface area contributed by atoms with Crippen LogP contribution >= 0.6 is 0 Å². The summed E-state index contributed by atoms with van der Waals surface area (Å²) in [6.07, 6.45) is 4.89. The molecule has 3 aliphatic heterocycles. The molecule has 1 atom stereocenters. The molecule has 9 nitrogen and oxygen atoms in total. The summed E-state index contributed by atoms with van der Waals surface area (Å²) in [4.78, 5) is 12.0. The Morgan fingerprint density at radius 3 is 2.49 bits per heavy atom. The smallest absolute Gasteiger partial charge is 0.142 e. The maximum atomic E-state index is 6.26. The van der Waals surface area contributed by atoms with Crippen molar-refractivity contribution in [3.8, 4) is 5.75 Å². The van der Waals surface area contributed by atoms with Crippen molar-refractivity contribution in [2.45, 2.75) is 38.3 Å². The number of nitrogens with one attached hydrogen (secondary N) is 2. The minimum absolute atomic E-state index is 0.332. The van der Waals surface area contributed by atoms with Crippen molar-refractivity contribution in [2.24, 2.45) is 16.5 Å². The fourth-order valence-electron chi connectivity index (χ4n) is 5.51. The molecule has 0 aromatic heterocycles. The van der Waals surface area contributed by atoms with Crippen molar-refractivity contribution in [1.29, 1.82) is 0 Å². The quantitative estimate of drug-likeness (QED) is 0.422. The monoisotopic (exact) mass is 508 g/mol. The predicted octanol–water partition coefficient (Wildman–Crippen LogP) is 1.89. The van der Waals surface area contributed by atoms with Crippen LogP contribution in [0.5, 0.6) is 5.75 Å². The first-order valence-electron chi connectivity index (χ1n) is 13.4. The molecule has 3 heterocycles. The zero-order valence-electron chi connectivity index (χ0n) is 22.9. The Kier molecular flexibility index (Phi) is 8.66. The van der Waals surface area contributed by atoms with E-state index < -0.39 is 0 Å². The first kappa shape index (κ1) is 26.9. The number of rotatable bonds is 8. The fourth-order valence-corrected chi connectivity index (χ4v) is 5.51. The van der Waals surface area contributed by atoms with Crippen LogP contribution < -0.4 is 31.7 Å². The fraction of sp³-hybridized carbons (Fsp3) is 0.536. The van der Waals surface area contributed by atoms with Gasteiger partial charge in [-0.15, -0.1) is 0 Å². The summed E-state index contributed by atoms with van der Waals surface area (Å²) >= 11 is 0. The lowest BCUT2D eigenvalue weighted by Crippen LogP contribution is -2.52. The molecule has 1 aromatic rings. The number of benzene rings is 1. The highest BCUT2D eigenvalue weighted by Gasteiger charge is 2.29. The van der Waals surface area contributed by atoms with Crippen molar-refractivity contribution in [2.75, 3.05) is 65.4 Å². The topological polar surface area (TPSA) is 107 Å². The number of likely N-dealkylation sites (N-methyl/N-ethyl adjacent to an activating group) is 1. The van der Waals surface area contributed by atoms with Crippen LogP contribution in [0.3, 0.4) is 0 Å². The highest BCUT2D eigenvalue weighted by molar-refractivity contribution is 5.99. The molecule has 0 aliphatic carbocycles. The predicted molar refractivity (Wildman–Crippen MR) is 154 cm³/mol. The number of amidine groups is 1. The van der Waals surface area contributed by atoms with Crippen LogP contribution in [0.25, 0.3) is 5.57 Å². The van der Waals surface area contributed by atoms with Gasteiger partial charge in [-0.25, -0.2) is 4.99 Å². The van der Waals surface area contributed by atoms with E-state index in [0.717, 1.165) is 53.4 Å². The van der Waals surface area contributed by atoms with Crippen LogP contribution in [0.15, 0.2) is 53.1 Å². The van der Waals surface area contributed by atoms with E-state index in [1.165, 1.54) is 39.0 Å². The molecule has 37 heavy (non-hydrogen) atoms. The second-order valence-electron chi connectivity index (χ2n) is 10.1. The van der Waals surface area contributed by atoms with Crippen molar-refractivity contribution >= 4 is 17.1 Å². The van der Waals surface area contributed by atoms with Crippen molar-refractivity contribution in [3.63, 3.8) is 0 Å². The molecule has 0 saturated carbocycles. The lowest BCUT2D eigenvalue weighted by atomic mass is 9.91. The Bertz CT molecular complexity index is 1060. The van der Waals surface area contributed by atoms with E-state index in [-0.39, 0.29) is 6.04 Å². The third-order valence-corrected chi connectivity index (χ3v) is 7.95. The summed E-state index contributed by atoms with van der Waals surface area (Å²) in [5.41, 5.74) is 17.2. The zero-order valence-corrected chi connectivity index (χ0v) is 22.9. The second-order valence-corrected chi connectivity index (χ2v) is 10.1. The summed E-state index contributed by atoms with van der Waals surface area (Å²) in [6.45, 7) is 13.2. The van der Waals surface area contributed by atoms with Gasteiger partial charge in [0.2, 0.25) is 0 Å². The van der Waals surface area contributed by atoms with Crippen LogP contribution in [-0.4, -0.2) is 88.2 Å². The van der Waals surface area contributed by atoms with E-state index in [2.05, 4.69) is 62.2 Å². The first-order valence-corrected chi connectivity index (χ1v) is 13.4. The van der Waals surface area contributed by atoms with Gasteiger partial charge in [-0.05, 0) is 49.6 Å². The summed E-state index contributed by atoms with van der Waals surface area (Å²) < 4.78 is 5.87. The van der Waals surface area contributed by atoms with Gasteiger partial charge >= 0.3 is 0 Å². The number of hydrogen-bond donors (Lipinski definition) is 4. The Balaban J connectivity index is 1.47. The first-order chi connectivity index (χ1) is 17.9. The molecular weight excluding hydrogens is 464 g/mol. The molecule has 1 unspecified atom stereocenters. The lowest BCUT2D eigenvalue weighted by molar-refractivity contribution is 0.0981. The Labute approximate surface area is 221 Å². The van der Waals surface area contributed by atoms with Gasteiger partial charge in [0.25, 0.3) is 0 Å². The van der Waals surface area contributed by atoms with Crippen molar-refractivity contribution in [1.82, 2.24) is 20.4 Å². The second kappa shape index (κ2) is 11.9. The van der Waals surface area contributed by atoms with Crippen molar-refractivity contribution in [3.05, 3.63) is 53.6 Å². The standard InChI is InChI=1S/C28H44N8O/c1-6-23(27(29)31-3)33-26-19(2)22(18-32-28(26)30)20-7-8-24(25(17-20)37-5)36-11-9-21(10-12-36)35-15-13-34(4)14-16-35/h7-8,17-18,21,26,31,33H,2,6,9-16,29H2,1,3-5H3,(H2,30,32)/b27-23+. The van der Waals surface area contributed by atoms with Gasteiger partial charge in [-0.1, -0.05) is 19.6 Å². The number of anilines is 1. The summed E-state index contributed by atoms with van der Waals surface area (Å²) in [6, 6.07) is 6.73. The number of piperidine rings is 1. The van der Waals surface area contributed by atoms with Gasteiger partial charge in [-0.2, -0.15) is 0 Å². The van der Waals surface area contributed by atoms with Crippen LogP contribution in [0.2, 0.25) is 0 Å². The molecule has 3 aliphatic rings. The Morgan fingerprint density at radius 2 is 1.86 bits per heavy atom. The van der Waals surface area contributed by atoms with Crippen LogP contribution in [-0.2, 0) is 0 Å². The summed E-state index contributed by atoms with van der Waals surface area (Å²) in [5.74, 6) is 1.92. The maximum Gasteiger partial charge on any atom is 0.142 e. The molecule has 6 N–H and O–H groups in total. The van der Waals surface area contributed by atoms with Crippen LogP contribution in [0, 0.1) is 0 Å². The summed E-state index contributed by atoms with van der Waals surface area (Å²) in [7, 11) is 5.75. The van der Waals surface area contributed by atoms with Gasteiger partial charge < -0.3 is 36.6 Å². The number of ether oxygens (including phenoxy) is 1. The van der Waals surface area contributed by atoms with E-state index in [1.807, 2.05) is 6.92 Å². The third-order valence-electron chi connectivity index (χ3n) is 7.95. The average Bonchev–Trinajstić information content (AvgIpc) is 2.93. The van der Waals surface area contributed by atoms with E-state index in [9.17, 15) is 0 Å². The molecule has 9 heteroatoms. The lowest BCUT2D eigenvalue weighted by Gasteiger charge is -2.42. The SMILES string of the molecule is C=C1C(c2ccc(N3CCC(N4CCN(C)CC4)CC3)c(OC)c2)=CN=C(N)C1N/C(CC)=C(\N)NC. The van der Waals surface area contributed by atoms with Crippen molar-refractivity contribution < 1.29 is 4.74 Å². The molecule has 0 radical (unpaired) electrons. The molecule has 1 aromatic carbocycles. The normalized spacial score (nSPS) is 22.8. The average molecular weight is 509 g/mol. The molecular formula is C28H44N8O. The Hall–Kier alpha value is -3.17. The largest absolute Gasteiger partial charge is 0.495 e. The molecule has 2 saturated heterocycles. The number of nitrogens with zero attached hydrogens (tertiary/aromatic N) is 4. The Morgan fingerprint density at radius 1 is 1.16 bits per heavy atom. The molecule has 4 rings (SSSR count). The molecule has 202 valence electrons. The highest BCUT2D eigenvalue weighted by atomic mass is 16.5. The molecule has 2 fully saturated rings. The number of methoxy groups -OCH3 is 1. The molecule has 0 amide bonds. The minimum Gasteiger partial charge on any atom is -0.495 e. The third kappa shape index (κ3) is 5.88. The molecule has 0 bridgehead atoms. The van der Waals surface area contributed by atoms with E-state index in [4.69, 9.17) is 16.2 Å². The van der Waals surface area contributed by atoms with Gasteiger partial charge in [0.05, 0.1) is 18.5 Å². The number of nitrogens with two attached hydrogens (primary N) is 2. The van der Waals surface area contributed by atoms with Gasteiger partial charge in [-0.3, -0.25) is 4.90 Å². The summed E-state index contributed by atoms with van der Waals surface area (Å²) in [5, 5.41) is 6.43. The minimum atomic E-state index is -0.332. The van der Waals surface area contributed by atoms with Gasteiger partial charge in [0, 0.05) is 64.1 Å². The van der Waals surface area contributed by atoms with Gasteiger partial charge in [0.1, 0.15) is 23.4 Å². The number of aliphatic imine (C=N–C) groups is 1. The maximum absolute atomic E-state index is 6.26. The zero-order chi connectivity index (χ0) is 26.5. The van der Waals surface area contributed by atoms with Gasteiger partial charge in [0.15, 0.2) is 0 Å². The molecule has 0 spiro atoms. The number of hydrogen-bond acceptors (Lipinski definition) is 9. The van der Waals surface area contributed by atoms with E-state index in [1.54, 1.807) is 20.4 Å². The van der Waals surface area contributed by atoms with Crippen LogP contribution in [0.4, 0.5) is 5.69 Å². The van der Waals surface area contributed by atoms with E-state index in [0.29, 0.717) is 17.7 Å². The number of piperazine rings is 1. The highest BCUT2D eigenvalue weighted by Crippen LogP contribution is 2.37.